The van der Waals surface area contributed by atoms with E-state index in [4.69, 9.17) is 20.2 Å². The minimum Gasteiger partial charge on any atom is -0.454 e. The normalized spacial score (nSPS) is 15.8. The summed E-state index contributed by atoms with van der Waals surface area (Å²) in [6.45, 7) is 5.16. The van der Waals surface area contributed by atoms with E-state index in [9.17, 15) is 4.79 Å². The van der Waals surface area contributed by atoms with Gasteiger partial charge in [-0.15, -0.1) is 0 Å². The number of benzene rings is 1. The zero-order valence-electron chi connectivity index (χ0n) is 18.8. The van der Waals surface area contributed by atoms with Crippen LogP contribution in [0.3, 0.4) is 0 Å². The number of hydrogen-bond acceptors (Lipinski definition) is 8. The highest BCUT2D eigenvalue weighted by molar-refractivity contribution is 9.10. The molecule has 12 heteroatoms. The number of hydrogen-bond donors (Lipinski definition) is 2. The number of nitrogens with two attached hydrogens (primary N) is 1. The number of aryl methyl sites for hydroxylation is 1. The van der Waals surface area contributed by atoms with Crippen LogP contribution in [0.4, 0.5) is 10.6 Å². The number of aromatic nitrogens is 4. The molecule has 5 rings (SSSR count). The number of halogens is 1. The summed E-state index contributed by atoms with van der Waals surface area (Å²) >= 11 is 5.02. The molecule has 34 heavy (non-hydrogen) atoms. The van der Waals surface area contributed by atoms with E-state index in [-0.39, 0.29) is 12.8 Å². The number of urea groups is 1. The first-order chi connectivity index (χ1) is 16.5. The standard InChI is InChI=1S/C22H26BrN7O3S/c1-2-25-22(31)29-6-3-13(4-7-29)5-8-30-11-26-19(24)18-20(30)28-21(27-18)34-17-10-16-15(9-14(17)23)32-12-33-16/h9-11,13H,2-8,12,24H2,1H3,(H,25,31). The molecule has 10 nitrogen and oxygen atoms in total. The van der Waals surface area contributed by atoms with Crippen LogP contribution in [0.25, 0.3) is 11.5 Å². The Bertz CT molecular complexity index is 1170. The molecule has 1 saturated heterocycles. The van der Waals surface area contributed by atoms with Gasteiger partial charge in [0.25, 0.3) is 0 Å². The van der Waals surface area contributed by atoms with Gasteiger partial charge in [0, 0.05) is 35.5 Å². The van der Waals surface area contributed by atoms with E-state index in [0.717, 1.165) is 54.1 Å². The molecular formula is C22H26BrN7O3S. The molecule has 0 saturated carbocycles. The number of carbonyl (C=O) groups is 1. The highest BCUT2D eigenvalue weighted by Gasteiger charge is 2.25. The predicted octanol–water partition coefficient (Wildman–Crippen LogP) is 3.83. The van der Waals surface area contributed by atoms with Gasteiger partial charge in [0.1, 0.15) is 0 Å². The van der Waals surface area contributed by atoms with E-state index in [1.165, 1.54) is 11.8 Å². The van der Waals surface area contributed by atoms with Crippen LogP contribution in [-0.2, 0) is 6.54 Å². The molecule has 4 aliphatic heterocycles. The molecule has 0 aromatic heterocycles. The topological polar surface area (TPSA) is 120 Å². The van der Waals surface area contributed by atoms with Gasteiger partial charge in [-0.2, -0.15) is 0 Å². The molecule has 1 aromatic carbocycles. The van der Waals surface area contributed by atoms with Crippen LogP contribution in [0.1, 0.15) is 26.2 Å². The molecule has 4 heterocycles. The molecule has 0 bridgehead atoms. The fourth-order valence-corrected chi connectivity index (χ4v) is 5.58. The van der Waals surface area contributed by atoms with E-state index in [0.29, 0.717) is 40.6 Å². The molecule has 0 spiro atoms. The average Bonchev–Trinajstić information content (AvgIpc) is 3.47. The van der Waals surface area contributed by atoms with Crippen LogP contribution in [0.15, 0.2) is 33.0 Å². The van der Waals surface area contributed by atoms with Crippen molar-refractivity contribution in [2.24, 2.45) is 5.92 Å². The van der Waals surface area contributed by atoms with Crippen LogP contribution < -0.4 is 20.5 Å². The van der Waals surface area contributed by atoms with E-state index in [1.54, 1.807) is 6.33 Å². The number of carbonyl (C=O) groups excluding carboxylic acids is 1. The highest BCUT2D eigenvalue weighted by Crippen LogP contribution is 2.43. The third-order valence-corrected chi connectivity index (χ3v) is 7.95. The number of amides is 2. The van der Waals surface area contributed by atoms with Gasteiger partial charge >= 0.3 is 6.03 Å². The van der Waals surface area contributed by atoms with Crippen molar-refractivity contribution < 1.29 is 14.3 Å². The second kappa shape index (κ2) is 9.87. The van der Waals surface area contributed by atoms with Gasteiger partial charge in [-0.3, -0.25) is 0 Å². The van der Waals surface area contributed by atoms with Crippen molar-refractivity contribution >= 4 is 39.5 Å². The lowest BCUT2D eigenvalue weighted by atomic mass is 9.93. The number of ether oxygens (including phenoxy) is 2. The number of piperidine rings is 1. The molecule has 180 valence electrons. The number of nitrogens with zero attached hydrogens (tertiary/aromatic N) is 5. The minimum atomic E-state index is 0.0333. The van der Waals surface area contributed by atoms with Gasteiger partial charge in [0.15, 0.2) is 34.0 Å². The molecule has 2 amide bonds. The summed E-state index contributed by atoms with van der Waals surface area (Å²) in [5.74, 6) is 3.06. The second-order valence-corrected chi connectivity index (χ2v) is 10.2. The Morgan fingerprint density at radius 3 is 2.79 bits per heavy atom. The van der Waals surface area contributed by atoms with E-state index in [2.05, 4.69) is 31.2 Å². The third-order valence-electron chi connectivity index (χ3n) is 6.11. The third kappa shape index (κ3) is 4.74. The van der Waals surface area contributed by atoms with Gasteiger partial charge in [-0.05, 0) is 71.9 Å². The Hall–Kier alpha value is -2.73. The highest BCUT2D eigenvalue weighted by atomic mass is 79.9. The summed E-state index contributed by atoms with van der Waals surface area (Å²) in [4.78, 5) is 28.6. The first-order valence-corrected chi connectivity index (χ1v) is 12.9. The molecule has 3 N–H and O–H groups in total. The Labute approximate surface area is 210 Å². The van der Waals surface area contributed by atoms with Crippen LogP contribution in [0, 0.1) is 5.92 Å². The Balaban J connectivity index is 1.27. The van der Waals surface area contributed by atoms with Crippen molar-refractivity contribution in [3.8, 4) is 23.0 Å². The van der Waals surface area contributed by atoms with E-state index >= 15 is 0 Å². The number of fused-ring (bicyclic) bond motifs is 2. The predicted molar refractivity (Wildman–Crippen MR) is 131 cm³/mol. The maximum absolute atomic E-state index is 12.0. The zero-order valence-corrected chi connectivity index (χ0v) is 21.2. The first-order valence-electron chi connectivity index (χ1n) is 11.3. The molecule has 1 fully saturated rings. The Kier molecular flexibility index (Phi) is 6.68. The second-order valence-electron chi connectivity index (χ2n) is 8.29. The first kappa shape index (κ1) is 23.0. The monoisotopic (exact) mass is 547 g/mol. The fourth-order valence-electron chi connectivity index (χ4n) is 4.23. The molecule has 0 atom stereocenters. The van der Waals surface area contributed by atoms with Gasteiger partial charge in [0.05, 0.1) is 6.33 Å². The summed E-state index contributed by atoms with van der Waals surface area (Å²) in [6.07, 6.45) is 4.71. The number of imidazole rings is 1. The van der Waals surface area contributed by atoms with Crippen LogP contribution in [0.2, 0.25) is 0 Å². The maximum atomic E-state index is 12.0. The smallest absolute Gasteiger partial charge is 0.317 e. The summed E-state index contributed by atoms with van der Waals surface area (Å²) in [5.41, 5.74) is 6.72. The van der Waals surface area contributed by atoms with Crippen molar-refractivity contribution in [1.29, 1.82) is 0 Å². The Morgan fingerprint density at radius 2 is 2.03 bits per heavy atom. The van der Waals surface area contributed by atoms with Crippen LogP contribution >= 0.6 is 27.7 Å². The van der Waals surface area contributed by atoms with Crippen molar-refractivity contribution in [2.75, 3.05) is 32.2 Å². The molecular weight excluding hydrogens is 522 g/mol. The molecule has 0 radical (unpaired) electrons. The number of anilines is 1. The SMILES string of the molecule is CCNC(=O)N1CCC(CCn2cnc(N)c3nc(Sc4cc5c(cc4Br)OCO5)nc2-3)CC1. The lowest BCUT2D eigenvalue weighted by Crippen LogP contribution is -2.44. The van der Waals surface area contributed by atoms with Crippen molar-refractivity contribution in [3.63, 3.8) is 0 Å². The number of rotatable bonds is 6. The zero-order chi connectivity index (χ0) is 23.7. The largest absolute Gasteiger partial charge is 0.454 e. The number of nitrogens with one attached hydrogen (secondary N) is 1. The van der Waals surface area contributed by atoms with Gasteiger partial charge in [0.2, 0.25) is 6.79 Å². The summed E-state index contributed by atoms with van der Waals surface area (Å²) in [5, 5.41) is 3.47. The quantitative estimate of drug-likeness (QED) is 0.477. The van der Waals surface area contributed by atoms with Crippen molar-refractivity contribution in [1.82, 2.24) is 29.7 Å². The van der Waals surface area contributed by atoms with Crippen molar-refractivity contribution in [3.05, 3.63) is 22.9 Å². The average molecular weight is 548 g/mol. The minimum absolute atomic E-state index is 0.0333. The van der Waals surface area contributed by atoms with E-state index < -0.39 is 0 Å². The van der Waals surface area contributed by atoms with E-state index in [1.807, 2.05) is 28.5 Å². The Morgan fingerprint density at radius 1 is 1.26 bits per heavy atom. The molecule has 0 aliphatic carbocycles. The summed E-state index contributed by atoms with van der Waals surface area (Å²) < 4.78 is 13.8. The molecule has 0 unspecified atom stereocenters. The lowest BCUT2D eigenvalue weighted by molar-refractivity contribution is 0.167. The van der Waals surface area contributed by atoms with Crippen LogP contribution in [0.5, 0.6) is 11.5 Å². The maximum Gasteiger partial charge on any atom is 0.317 e. The summed E-state index contributed by atoms with van der Waals surface area (Å²) in [6, 6.07) is 3.84. The van der Waals surface area contributed by atoms with Gasteiger partial charge < -0.3 is 30.0 Å². The van der Waals surface area contributed by atoms with Gasteiger partial charge in [-0.1, -0.05) is 0 Å². The van der Waals surface area contributed by atoms with Crippen LogP contribution in [-0.4, -0.2) is 56.9 Å². The lowest BCUT2D eigenvalue weighted by Gasteiger charge is -2.32. The fraction of sp³-hybridized carbons (Fsp3) is 0.455. The molecule has 4 aliphatic rings. The summed E-state index contributed by atoms with van der Waals surface area (Å²) in [7, 11) is 0. The number of likely N-dealkylation sites (tertiary alicyclic amines) is 1. The number of nitrogen functional groups attached to an aromatic ring is 1. The van der Waals surface area contributed by atoms with Crippen molar-refractivity contribution in [2.45, 2.75) is 42.8 Å². The molecule has 1 aromatic rings. The van der Waals surface area contributed by atoms with Gasteiger partial charge in [-0.25, -0.2) is 19.7 Å².